The topological polar surface area (TPSA) is 112 Å². The molecule has 0 radical (unpaired) electrons. The minimum atomic E-state index is -0.512. The molecule has 1 aromatic heterocycles. The lowest BCUT2D eigenvalue weighted by molar-refractivity contribution is -0.148. The average molecular weight is 381 g/mol. The predicted molar refractivity (Wildman–Crippen MR) is 104 cm³/mol. The van der Waals surface area contributed by atoms with Crippen LogP contribution in [0.3, 0.4) is 0 Å². The van der Waals surface area contributed by atoms with Crippen molar-refractivity contribution in [3.8, 4) is 6.07 Å². The first-order chi connectivity index (χ1) is 13.4. The SMILES string of the molecule is Cc1[nH]c(=O)c(C#N)c(C)c1CCC(=O)OCC(=O)NCCc1ccccc1. The Morgan fingerprint density at radius 3 is 2.57 bits per heavy atom. The van der Waals surface area contributed by atoms with E-state index in [1.165, 1.54) is 0 Å². The Bertz CT molecular complexity index is 943. The summed E-state index contributed by atoms with van der Waals surface area (Å²) in [4.78, 5) is 38.0. The smallest absolute Gasteiger partial charge is 0.306 e. The third-order valence-corrected chi connectivity index (χ3v) is 4.44. The summed E-state index contributed by atoms with van der Waals surface area (Å²) in [5.74, 6) is -0.867. The maximum Gasteiger partial charge on any atom is 0.306 e. The largest absolute Gasteiger partial charge is 0.456 e. The van der Waals surface area contributed by atoms with Gasteiger partial charge in [-0.25, -0.2) is 0 Å². The molecule has 1 amide bonds. The van der Waals surface area contributed by atoms with Crippen LogP contribution in [0.2, 0.25) is 0 Å². The molecule has 0 atom stereocenters. The van der Waals surface area contributed by atoms with Gasteiger partial charge in [0.05, 0.1) is 0 Å². The number of nitrogens with one attached hydrogen (secondary N) is 2. The van der Waals surface area contributed by atoms with Crippen molar-refractivity contribution in [3.05, 3.63) is 68.6 Å². The van der Waals surface area contributed by atoms with E-state index in [0.29, 0.717) is 30.6 Å². The Kier molecular flexibility index (Phi) is 7.52. The van der Waals surface area contributed by atoms with Gasteiger partial charge in [0.2, 0.25) is 0 Å². The van der Waals surface area contributed by atoms with E-state index < -0.39 is 11.5 Å². The molecule has 0 saturated carbocycles. The molecule has 146 valence electrons. The summed E-state index contributed by atoms with van der Waals surface area (Å²) < 4.78 is 5.00. The lowest BCUT2D eigenvalue weighted by Gasteiger charge is -2.11. The highest BCUT2D eigenvalue weighted by molar-refractivity contribution is 5.80. The summed E-state index contributed by atoms with van der Waals surface area (Å²) in [7, 11) is 0. The van der Waals surface area contributed by atoms with E-state index in [9.17, 15) is 14.4 Å². The zero-order valence-corrected chi connectivity index (χ0v) is 16.0. The molecule has 1 heterocycles. The van der Waals surface area contributed by atoms with Gasteiger partial charge in [0.15, 0.2) is 6.61 Å². The van der Waals surface area contributed by atoms with E-state index in [4.69, 9.17) is 10.00 Å². The third kappa shape index (κ3) is 5.81. The number of H-pyrrole nitrogens is 1. The third-order valence-electron chi connectivity index (χ3n) is 4.44. The number of ether oxygens (including phenoxy) is 1. The molecular weight excluding hydrogens is 358 g/mol. The van der Waals surface area contributed by atoms with Crippen LogP contribution in [0.15, 0.2) is 35.1 Å². The molecule has 28 heavy (non-hydrogen) atoms. The molecule has 2 N–H and O–H groups in total. The molecule has 1 aromatic carbocycles. The van der Waals surface area contributed by atoms with Crippen molar-refractivity contribution >= 4 is 11.9 Å². The summed E-state index contributed by atoms with van der Waals surface area (Å²) in [6.45, 7) is 3.53. The van der Waals surface area contributed by atoms with E-state index >= 15 is 0 Å². The minimum absolute atomic E-state index is 0.0479. The molecule has 2 aromatic rings. The second-order valence-corrected chi connectivity index (χ2v) is 6.42. The Morgan fingerprint density at radius 1 is 1.18 bits per heavy atom. The van der Waals surface area contributed by atoms with Gasteiger partial charge in [-0.3, -0.25) is 14.4 Å². The highest BCUT2D eigenvalue weighted by atomic mass is 16.5. The molecule has 0 spiro atoms. The van der Waals surface area contributed by atoms with Crippen molar-refractivity contribution in [3.63, 3.8) is 0 Å². The predicted octanol–water partition coefficient (Wildman–Crippen LogP) is 1.70. The molecule has 0 aliphatic heterocycles. The van der Waals surface area contributed by atoms with Crippen LogP contribution in [0.4, 0.5) is 0 Å². The Labute approximate surface area is 163 Å². The van der Waals surface area contributed by atoms with Gasteiger partial charge in [-0.1, -0.05) is 30.3 Å². The summed E-state index contributed by atoms with van der Waals surface area (Å²) >= 11 is 0. The van der Waals surface area contributed by atoms with Gasteiger partial charge in [0, 0.05) is 18.7 Å². The number of nitriles is 1. The number of hydrogen-bond acceptors (Lipinski definition) is 5. The zero-order valence-electron chi connectivity index (χ0n) is 16.0. The molecule has 7 heteroatoms. The number of amides is 1. The standard InChI is InChI=1S/C21H23N3O4/c1-14-17(15(2)24-21(27)18(14)12-22)8-9-20(26)28-13-19(25)23-11-10-16-6-4-3-5-7-16/h3-7H,8-11,13H2,1-2H3,(H,23,25)(H,24,27). The van der Waals surface area contributed by atoms with Crippen molar-refractivity contribution in [1.82, 2.24) is 10.3 Å². The maximum atomic E-state index is 11.9. The second-order valence-electron chi connectivity index (χ2n) is 6.42. The molecule has 7 nitrogen and oxygen atoms in total. The number of carbonyl (C=O) groups excluding carboxylic acids is 2. The molecular formula is C21H23N3O4. The van der Waals surface area contributed by atoms with Crippen molar-refractivity contribution in [2.24, 2.45) is 0 Å². The van der Waals surface area contributed by atoms with Crippen molar-refractivity contribution in [2.45, 2.75) is 33.1 Å². The number of aryl methyl sites for hydroxylation is 1. The van der Waals surface area contributed by atoms with Crippen molar-refractivity contribution in [1.29, 1.82) is 5.26 Å². The van der Waals surface area contributed by atoms with Crippen LogP contribution >= 0.6 is 0 Å². The fraction of sp³-hybridized carbons (Fsp3) is 0.333. The first-order valence-corrected chi connectivity index (χ1v) is 9.01. The lowest BCUT2D eigenvalue weighted by Crippen LogP contribution is -2.30. The van der Waals surface area contributed by atoms with Gasteiger partial charge >= 0.3 is 5.97 Å². The Balaban J connectivity index is 1.76. The highest BCUT2D eigenvalue weighted by Crippen LogP contribution is 2.15. The van der Waals surface area contributed by atoms with Gasteiger partial charge in [-0.15, -0.1) is 0 Å². The van der Waals surface area contributed by atoms with E-state index in [0.717, 1.165) is 11.1 Å². The molecule has 0 bridgehead atoms. The number of benzene rings is 1. The molecule has 0 unspecified atom stereocenters. The van der Waals surface area contributed by atoms with Crippen LogP contribution in [0.1, 0.15) is 34.4 Å². The van der Waals surface area contributed by atoms with Crippen LogP contribution in [0.5, 0.6) is 0 Å². The van der Waals surface area contributed by atoms with Gasteiger partial charge in [-0.2, -0.15) is 5.26 Å². The van der Waals surface area contributed by atoms with Gasteiger partial charge < -0.3 is 15.0 Å². The quantitative estimate of drug-likeness (QED) is 0.676. The lowest BCUT2D eigenvalue weighted by atomic mass is 9.99. The first kappa shape index (κ1) is 20.9. The summed E-state index contributed by atoms with van der Waals surface area (Å²) in [5.41, 5.74) is 2.65. The summed E-state index contributed by atoms with van der Waals surface area (Å²) in [5, 5.41) is 11.8. The molecule has 0 fully saturated rings. The number of rotatable bonds is 8. The van der Waals surface area contributed by atoms with Crippen LogP contribution in [0.25, 0.3) is 0 Å². The highest BCUT2D eigenvalue weighted by Gasteiger charge is 2.14. The number of hydrogen-bond donors (Lipinski definition) is 2. The molecule has 0 aliphatic rings. The molecule has 0 aliphatic carbocycles. The van der Waals surface area contributed by atoms with E-state index in [2.05, 4.69) is 10.3 Å². The number of esters is 1. The Hall–Kier alpha value is -3.40. The monoisotopic (exact) mass is 381 g/mol. The Morgan fingerprint density at radius 2 is 1.89 bits per heavy atom. The fourth-order valence-corrected chi connectivity index (χ4v) is 2.91. The number of carbonyl (C=O) groups is 2. The van der Waals surface area contributed by atoms with Crippen LogP contribution in [0, 0.1) is 25.2 Å². The number of nitrogens with zero attached hydrogens (tertiary/aromatic N) is 1. The molecule has 0 saturated heterocycles. The normalized spacial score (nSPS) is 10.2. The van der Waals surface area contributed by atoms with Crippen LogP contribution in [-0.2, 0) is 27.2 Å². The fourth-order valence-electron chi connectivity index (χ4n) is 2.91. The van der Waals surface area contributed by atoms with Crippen molar-refractivity contribution in [2.75, 3.05) is 13.2 Å². The number of aromatic amines is 1. The maximum absolute atomic E-state index is 11.9. The zero-order chi connectivity index (χ0) is 20.5. The van der Waals surface area contributed by atoms with Crippen LogP contribution in [-0.4, -0.2) is 30.0 Å². The van der Waals surface area contributed by atoms with E-state index in [1.54, 1.807) is 13.8 Å². The van der Waals surface area contributed by atoms with E-state index in [1.807, 2.05) is 36.4 Å². The number of pyridine rings is 1. The average Bonchev–Trinajstić information content (AvgIpc) is 2.67. The van der Waals surface area contributed by atoms with Crippen molar-refractivity contribution < 1.29 is 14.3 Å². The van der Waals surface area contributed by atoms with E-state index in [-0.39, 0.29) is 24.5 Å². The van der Waals surface area contributed by atoms with Gasteiger partial charge in [-0.05, 0) is 43.4 Å². The minimum Gasteiger partial charge on any atom is -0.456 e. The number of aromatic nitrogens is 1. The summed E-state index contributed by atoms with van der Waals surface area (Å²) in [6, 6.07) is 11.6. The van der Waals surface area contributed by atoms with Gasteiger partial charge in [0.25, 0.3) is 11.5 Å². The summed E-state index contributed by atoms with van der Waals surface area (Å²) in [6.07, 6.45) is 1.07. The first-order valence-electron chi connectivity index (χ1n) is 9.01. The molecule has 2 rings (SSSR count). The second kappa shape index (κ2) is 10.1. The van der Waals surface area contributed by atoms with Crippen LogP contribution < -0.4 is 10.9 Å². The van der Waals surface area contributed by atoms with Gasteiger partial charge in [0.1, 0.15) is 11.6 Å².